The monoisotopic (exact) mass is 484 g/mol. The Morgan fingerprint density at radius 1 is 0.943 bits per heavy atom. The number of thiocarbonyl (C=S) groups is 1. The van der Waals surface area contributed by atoms with Gasteiger partial charge in [-0.1, -0.05) is 32.0 Å². The Kier molecular flexibility index (Phi) is 6.15. The first-order valence-corrected chi connectivity index (χ1v) is 12.3. The first-order chi connectivity index (χ1) is 16.8. The van der Waals surface area contributed by atoms with Crippen LogP contribution >= 0.6 is 12.2 Å². The number of nitrogens with zero attached hydrogens (tertiary/aromatic N) is 3. The maximum atomic E-state index is 13.6. The summed E-state index contributed by atoms with van der Waals surface area (Å²) in [7, 11) is 0. The van der Waals surface area contributed by atoms with Crippen LogP contribution in [0.3, 0.4) is 0 Å². The van der Waals surface area contributed by atoms with E-state index in [1.807, 2.05) is 36.5 Å². The fourth-order valence-electron chi connectivity index (χ4n) is 5.04. The summed E-state index contributed by atoms with van der Waals surface area (Å²) in [5.41, 5.74) is 7.53. The van der Waals surface area contributed by atoms with Crippen LogP contribution in [0.1, 0.15) is 60.1 Å². The summed E-state index contributed by atoms with van der Waals surface area (Å²) in [6, 6.07) is 23.3. The molecule has 1 saturated heterocycles. The van der Waals surface area contributed by atoms with Crippen molar-refractivity contribution >= 4 is 23.0 Å². The number of aryl methyl sites for hydroxylation is 1. The lowest BCUT2D eigenvalue weighted by molar-refractivity contribution is 0.565. The minimum atomic E-state index is -0.243. The van der Waals surface area contributed by atoms with E-state index in [0.29, 0.717) is 11.0 Å². The predicted octanol–water partition coefficient (Wildman–Crippen LogP) is 6.93. The third-order valence-electron chi connectivity index (χ3n) is 6.81. The largest absolute Gasteiger partial charge is 0.351 e. The Hall–Kier alpha value is -3.51. The van der Waals surface area contributed by atoms with Gasteiger partial charge < -0.3 is 14.8 Å². The summed E-state index contributed by atoms with van der Waals surface area (Å²) in [5, 5.41) is 4.22. The van der Waals surface area contributed by atoms with Crippen molar-refractivity contribution in [3.05, 3.63) is 113 Å². The summed E-state index contributed by atoms with van der Waals surface area (Å²) in [6.45, 7) is 8.59. The van der Waals surface area contributed by atoms with E-state index in [9.17, 15) is 4.39 Å². The van der Waals surface area contributed by atoms with Crippen LogP contribution in [0.15, 0.2) is 79.0 Å². The first-order valence-electron chi connectivity index (χ1n) is 11.9. The molecule has 1 aliphatic rings. The third-order valence-corrected chi connectivity index (χ3v) is 7.12. The summed E-state index contributed by atoms with van der Waals surface area (Å²) >= 11 is 5.89. The maximum Gasteiger partial charge on any atom is 0.174 e. The van der Waals surface area contributed by atoms with E-state index < -0.39 is 0 Å². The molecular formula is C29H29FN4S. The molecule has 0 unspecified atom stereocenters. The van der Waals surface area contributed by atoms with Gasteiger partial charge in [0.1, 0.15) is 5.82 Å². The molecule has 6 heteroatoms. The summed E-state index contributed by atoms with van der Waals surface area (Å²) in [6.07, 6.45) is 1.82. The van der Waals surface area contributed by atoms with Crippen molar-refractivity contribution in [1.29, 1.82) is 0 Å². The first kappa shape index (κ1) is 23.2. The van der Waals surface area contributed by atoms with Gasteiger partial charge in [-0.25, -0.2) is 4.39 Å². The molecule has 5 rings (SSSR count). The average Bonchev–Trinajstić information content (AvgIpc) is 3.35. The van der Waals surface area contributed by atoms with Crippen LogP contribution in [0.5, 0.6) is 0 Å². The van der Waals surface area contributed by atoms with Gasteiger partial charge in [-0.15, -0.1) is 0 Å². The minimum Gasteiger partial charge on any atom is -0.351 e. The van der Waals surface area contributed by atoms with Gasteiger partial charge in [0.15, 0.2) is 5.11 Å². The zero-order valence-electron chi connectivity index (χ0n) is 20.4. The molecule has 0 saturated carbocycles. The van der Waals surface area contributed by atoms with E-state index in [1.54, 1.807) is 0 Å². The van der Waals surface area contributed by atoms with Crippen LogP contribution in [-0.2, 0) is 0 Å². The van der Waals surface area contributed by atoms with E-state index in [0.717, 1.165) is 34.0 Å². The Labute approximate surface area is 211 Å². The van der Waals surface area contributed by atoms with E-state index >= 15 is 0 Å². The Morgan fingerprint density at radius 3 is 2.26 bits per heavy atom. The van der Waals surface area contributed by atoms with Crippen LogP contribution < -0.4 is 10.2 Å². The molecule has 35 heavy (non-hydrogen) atoms. The zero-order valence-corrected chi connectivity index (χ0v) is 21.2. The second-order valence-corrected chi connectivity index (χ2v) is 9.77. The molecule has 4 aromatic rings. The summed E-state index contributed by atoms with van der Waals surface area (Å²) < 4.78 is 15.8. The number of anilines is 1. The SMILES string of the molecule is Cc1cc([C@@H]2[C@@H](c3ccccn3)NC(=S)N2c2ccc(C(C)C)cc2)c(C)n1-c1ccc(F)cc1. The van der Waals surface area contributed by atoms with Crippen LogP contribution in [-0.4, -0.2) is 14.7 Å². The molecule has 0 bridgehead atoms. The molecule has 1 fully saturated rings. The quantitative estimate of drug-likeness (QED) is 0.312. The van der Waals surface area contributed by atoms with Gasteiger partial charge in [-0.3, -0.25) is 4.98 Å². The number of hydrogen-bond acceptors (Lipinski definition) is 2. The van der Waals surface area contributed by atoms with Crippen LogP contribution in [0.4, 0.5) is 10.1 Å². The molecule has 0 aliphatic carbocycles. The van der Waals surface area contributed by atoms with Crippen molar-refractivity contribution in [1.82, 2.24) is 14.9 Å². The van der Waals surface area contributed by atoms with Gasteiger partial charge in [0, 0.05) is 29.0 Å². The highest BCUT2D eigenvalue weighted by molar-refractivity contribution is 7.80. The zero-order chi connectivity index (χ0) is 24.7. The highest BCUT2D eigenvalue weighted by Gasteiger charge is 2.42. The third kappa shape index (κ3) is 4.23. The predicted molar refractivity (Wildman–Crippen MR) is 144 cm³/mol. The second-order valence-electron chi connectivity index (χ2n) is 9.38. The molecular weight excluding hydrogens is 455 g/mol. The van der Waals surface area contributed by atoms with Crippen molar-refractivity contribution < 1.29 is 4.39 Å². The Bertz CT molecular complexity index is 1340. The number of hydrogen-bond donors (Lipinski definition) is 1. The number of benzene rings is 2. The highest BCUT2D eigenvalue weighted by atomic mass is 32.1. The van der Waals surface area contributed by atoms with E-state index in [1.165, 1.54) is 17.7 Å². The standard InChI is InChI=1S/C29H29FN4S/c1-18(2)21-8-12-24(13-9-21)34-28(27(32-29(34)35)26-7-5-6-16-31-26)25-17-19(3)33(20(25)4)23-14-10-22(30)11-15-23/h5-18,27-28H,1-4H3,(H,32,35)/t27-,28-/m1/s1. The summed E-state index contributed by atoms with van der Waals surface area (Å²) in [4.78, 5) is 6.87. The Morgan fingerprint density at radius 2 is 1.63 bits per heavy atom. The number of pyridine rings is 1. The van der Waals surface area contributed by atoms with E-state index in [2.05, 4.69) is 77.8 Å². The molecule has 2 aromatic carbocycles. The molecule has 1 N–H and O–H groups in total. The fourth-order valence-corrected chi connectivity index (χ4v) is 5.39. The topological polar surface area (TPSA) is 33.1 Å². The van der Waals surface area contributed by atoms with Crippen molar-refractivity contribution in [3.63, 3.8) is 0 Å². The fraction of sp³-hybridized carbons (Fsp3) is 0.241. The number of nitrogens with one attached hydrogen (secondary N) is 1. The molecule has 2 aromatic heterocycles. The molecule has 0 radical (unpaired) electrons. The van der Waals surface area contributed by atoms with Gasteiger partial charge in [0.2, 0.25) is 0 Å². The van der Waals surface area contributed by atoms with Gasteiger partial charge in [0.05, 0.1) is 17.8 Å². The molecule has 3 heterocycles. The van der Waals surface area contributed by atoms with Crippen LogP contribution in [0, 0.1) is 19.7 Å². The lowest BCUT2D eigenvalue weighted by Gasteiger charge is -2.28. The maximum absolute atomic E-state index is 13.6. The van der Waals surface area contributed by atoms with Gasteiger partial charge in [-0.05, 0) is 97.7 Å². The smallest absolute Gasteiger partial charge is 0.174 e. The molecule has 178 valence electrons. The van der Waals surface area contributed by atoms with E-state index in [4.69, 9.17) is 12.2 Å². The molecule has 0 spiro atoms. The Balaban J connectivity index is 1.65. The van der Waals surface area contributed by atoms with Crippen molar-refractivity contribution in [3.8, 4) is 5.69 Å². The minimum absolute atomic E-state index is 0.0947. The summed E-state index contributed by atoms with van der Waals surface area (Å²) in [5.74, 6) is 0.215. The van der Waals surface area contributed by atoms with Crippen LogP contribution in [0.2, 0.25) is 0 Å². The molecule has 2 atom stereocenters. The number of halogens is 1. The van der Waals surface area contributed by atoms with Crippen LogP contribution in [0.25, 0.3) is 5.69 Å². The van der Waals surface area contributed by atoms with Crippen molar-refractivity contribution in [2.24, 2.45) is 0 Å². The van der Waals surface area contributed by atoms with Gasteiger partial charge in [0.25, 0.3) is 0 Å². The molecule has 0 amide bonds. The average molecular weight is 485 g/mol. The van der Waals surface area contributed by atoms with Gasteiger partial charge >= 0.3 is 0 Å². The van der Waals surface area contributed by atoms with E-state index in [-0.39, 0.29) is 17.9 Å². The second kappa shape index (κ2) is 9.27. The van der Waals surface area contributed by atoms with Gasteiger partial charge in [-0.2, -0.15) is 0 Å². The van der Waals surface area contributed by atoms with Crippen molar-refractivity contribution in [2.45, 2.75) is 45.7 Å². The molecule has 4 nitrogen and oxygen atoms in total. The highest BCUT2D eigenvalue weighted by Crippen LogP contribution is 2.43. The lowest BCUT2D eigenvalue weighted by atomic mass is 9.96. The normalized spacial score (nSPS) is 17.8. The molecule has 1 aliphatic heterocycles. The lowest BCUT2D eigenvalue weighted by Crippen LogP contribution is -2.29. The van der Waals surface area contributed by atoms with Crippen molar-refractivity contribution in [2.75, 3.05) is 4.90 Å². The number of rotatable bonds is 5. The number of aromatic nitrogens is 2.